The number of hydrogen-bond donors (Lipinski definition) is 0. The number of fused-ring (bicyclic) bond motifs is 1. The van der Waals surface area contributed by atoms with Gasteiger partial charge in [-0.3, -0.25) is 0 Å². The zero-order chi connectivity index (χ0) is 17.0. The van der Waals surface area contributed by atoms with Crippen molar-refractivity contribution in [3.05, 3.63) is 24.0 Å². The molecule has 0 N–H and O–H groups in total. The number of aromatic nitrogens is 2. The lowest BCUT2D eigenvalue weighted by Crippen LogP contribution is -2.19. The van der Waals surface area contributed by atoms with E-state index in [-0.39, 0.29) is 5.41 Å². The highest BCUT2D eigenvalue weighted by molar-refractivity contribution is 7.92. The summed E-state index contributed by atoms with van der Waals surface area (Å²) in [5.74, 6) is 1.78. The van der Waals surface area contributed by atoms with Gasteiger partial charge in [-0.25, -0.2) is 13.4 Å². The molecule has 1 saturated carbocycles. The van der Waals surface area contributed by atoms with Crippen molar-refractivity contribution in [3.8, 4) is 0 Å². The number of imidazole rings is 1. The third kappa shape index (κ3) is 3.03. The second kappa shape index (κ2) is 5.33. The summed E-state index contributed by atoms with van der Waals surface area (Å²) < 4.78 is 27.1. The van der Waals surface area contributed by atoms with E-state index in [9.17, 15) is 8.42 Å². The van der Waals surface area contributed by atoms with E-state index in [1.54, 1.807) is 26.0 Å². The normalized spacial score (nSPS) is 16.4. The minimum Gasteiger partial charge on any atom is -0.327 e. The second-order valence-electron chi connectivity index (χ2n) is 7.98. The first-order valence-electron chi connectivity index (χ1n) is 8.35. The molecule has 1 fully saturated rings. The topological polar surface area (TPSA) is 52.0 Å². The van der Waals surface area contributed by atoms with Gasteiger partial charge in [0.1, 0.15) is 5.82 Å². The molecule has 4 nitrogen and oxygen atoms in total. The molecule has 0 atom stereocenters. The minimum absolute atomic E-state index is 0.0645. The van der Waals surface area contributed by atoms with Gasteiger partial charge >= 0.3 is 0 Å². The van der Waals surface area contributed by atoms with Crippen LogP contribution in [-0.4, -0.2) is 23.2 Å². The standard InChI is InChI=1S/C18H26N2O2S/c1-12(2)23(21,22)14-8-9-16-15(10-14)19-17(18(3,4)5)20(16)11-13-6-7-13/h8-10,12-13H,6-7,11H2,1-5H3. The van der Waals surface area contributed by atoms with E-state index in [2.05, 4.69) is 25.3 Å². The SMILES string of the molecule is CC(C)S(=O)(=O)c1ccc2c(c1)nc(C(C)(C)C)n2CC1CC1. The lowest BCUT2D eigenvalue weighted by Gasteiger charge is -2.20. The summed E-state index contributed by atoms with van der Waals surface area (Å²) >= 11 is 0. The van der Waals surface area contributed by atoms with Gasteiger partial charge in [0.2, 0.25) is 0 Å². The molecule has 1 aromatic heterocycles. The number of rotatable bonds is 4. The number of sulfone groups is 1. The fourth-order valence-corrected chi connectivity index (χ4v) is 3.95. The molecule has 0 radical (unpaired) electrons. The lowest BCUT2D eigenvalue weighted by molar-refractivity contribution is 0.491. The van der Waals surface area contributed by atoms with Gasteiger partial charge in [0.15, 0.2) is 9.84 Å². The molecule has 0 amide bonds. The van der Waals surface area contributed by atoms with Crippen LogP contribution < -0.4 is 0 Å². The van der Waals surface area contributed by atoms with E-state index in [1.165, 1.54) is 12.8 Å². The summed E-state index contributed by atoms with van der Waals surface area (Å²) in [5.41, 5.74) is 1.77. The van der Waals surface area contributed by atoms with E-state index in [1.807, 2.05) is 6.07 Å². The highest BCUT2D eigenvalue weighted by atomic mass is 32.2. The van der Waals surface area contributed by atoms with E-state index in [0.29, 0.717) is 4.90 Å². The first kappa shape index (κ1) is 16.5. The molecule has 0 saturated heterocycles. The average molecular weight is 334 g/mol. The molecule has 1 heterocycles. The molecule has 0 bridgehead atoms. The minimum atomic E-state index is -3.27. The number of hydrogen-bond acceptors (Lipinski definition) is 3. The van der Waals surface area contributed by atoms with Gasteiger partial charge in [-0.2, -0.15) is 0 Å². The van der Waals surface area contributed by atoms with Crippen molar-refractivity contribution in [2.75, 3.05) is 0 Å². The van der Waals surface area contributed by atoms with Crippen molar-refractivity contribution < 1.29 is 8.42 Å². The van der Waals surface area contributed by atoms with Crippen molar-refractivity contribution in [3.63, 3.8) is 0 Å². The van der Waals surface area contributed by atoms with Crippen LogP contribution in [0, 0.1) is 5.92 Å². The zero-order valence-electron chi connectivity index (χ0n) is 14.6. The smallest absolute Gasteiger partial charge is 0.180 e. The molecular weight excluding hydrogens is 308 g/mol. The third-order valence-corrected chi connectivity index (χ3v) is 6.63. The Kier molecular flexibility index (Phi) is 3.82. The molecule has 5 heteroatoms. The first-order valence-corrected chi connectivity index (χ1v) is 9.90. The van der Waals surface area contributed by atoms with Crippen LogP contribution in [0.3, 0.4) is 0 Å². The van der Waals surface area contributed by atoms with Crippen LogP contribution in [0.1, 0.15) is 53.3 Å². The van der Waals surface area contributed by atoms with E-state index in [0.717, 1.165) is 29.3 Å². The summed E-state index contributed by atoms with van der Waals surface area (Å²) in [5, 5.41) is -0.421. The van der Waals surface area contributed by atoms with Crippen LogP contribution in [0.5, 0.6) is 0 Å². The van der Waals surface area contributed by atoms with Crippen LogP contribution >= 0.6 is 0 Å². The van der Waals surface area contributed by atoms with Gasteiger partial charge in [-0.1, -0.05) is 20.8 Å². The molecule has 0 unspecified atom stereocenters. The Labute approximate surface area is 138 Å². The van der Waals surface area contributed by atoms with E-state index < -0.39 is 15.1 Å². The predicted molar refractivity (Wildman–Crippen MR) is 93.5 cm³/mol. The Morgan fingerprint density at radius 3 is 2.43 bits per heavy atom. The average Bonchev–Trinajstić information content (AvgIpc) is 3.17. The van der Waals surface area contributed by atoms with Crippen molar-refractivity contribution >= 4 is 20.9 Å². The lowest BCUT2D eigenvalue weighted by atomic mass is 9.95. The van der Waals surface area contributed by atoms with Crippen LogP contribution in [0.4, 0.5) is 0 Å². The van der Waals surface area contributed by atoms with Gasteiger partial charge in [0, 0.05) is 12.0 Å². The van der Waals surface area contributed by atoms with Crippen molar-refractivity contribution in [1.82, 2.24) is 9.55 Å². The van der Waals surface area contributed by atoms with Crippen LogP contribution in [-0.2, 0) is 21.8 Å². The predicted octanol–water partition coefficient (Wildman–Crippen LogP) is 3.93. The largest absolute Gasteiger partial charge is 0.327 e. The molecule has 1 aromatic carbocycles. The summed E-state index contributed by atoms with van der Waals surface area (Å²) in [6.07, 6.45) is 2.56. The van der Waals surface area contributed by atoms with E-state index in [4.69, 9.17) is 4.98 Å². The molecule has 0 spiro atoms. The van der Waals surface area contributed by atoms with Crippen molar-refractivity contribution in [2.24, 2.45) is 5.92 Å². The summed E-state index contributed by atoms with van der Waals surface area (Å²) in [6.45, 7) is 10.9. The maximum atomic E-state index is 12.4. The molecule has 2 aromatic rings. The molecule has 126 valence electrons. The van der Waals surface area contributed by atoms with Gasteiger partial charge in [0.25, 0.3) is 0 Å². The first-order chi connectivity index (χ1) is 10.6. The summed E-state index contributed by atoms with van der Waals surface area (Å²) in [6, 6.07) is 5.40. The highest BCUT2D eigenvalue weighted by Crippen LogP contribution is 2.35. The Bertz CT molecular complexity index is 838. The Morgan fingerprint density at radius 1 is 1.26 bits per heavy atom. The Morgan fingerprint density at radius 2 is 1.91 bits per heavy atom. The van der Waals surface area contributed by atoms with Crippen LogP contribution in [0.15, 0.2) is 23.1 Å². The van der Waals surface area contributed by atoms with Gasteiger partial charge < -0.3 is 4.57 Å². The van der Waals surface area contributed by atoms with Crippen molar-refractivity contribution in [1.29, 1.82) is 0 Å². The maximum Gasteiger partial charge on any atom is 0.180 e. The molecular formula is C18H26N2O2S. The van der Waals surface area contributed by atoms with Gasteiger partial charge in [-0.15, -0.1) is 0 Å². The second-order valence-corrected chi connectivity index (χ2v) is 10.5. The summed E-state index contributed by atoms with van der Waals surface area (Å²) in [7, 11) is -3.27. The Hall–Kier alpha value is -1.36. The summed E-state index contributed by atoms with van der Waals surface area (Å²) in [4.78, 5) is 5.17. The van der Waals surface area contributed by atoms with Crippen LogP contribution in [0.2, 0.25) is 0 Å². The molecule has 1 aliphatic rings. The highest BCUT2D eigenvalue weighted by Gasteiger charge is 2.29. The molecule has 3 rings (SSSR count). The number of nitrogens with zero attached hydrogens (tertiary/aromatic N) is 2. The molecule has 23 heavy (non-hydrogen) atoms. The fraction of sp³-hybridized carbons (Fsp3) is 0.611. The Balaban J connectivity index is 2.17. The third-order valence-electron chi connectivity index (χ3n) is 4.48. The van der Waals surface area contributed by atoms with Crippen molar-refractivity contribution in [2.45, 2.75) is 69.6 Å². The maximum absolute atomic E-state index is 12.4. The van der Waals surface area contributed by atoms with Gasteiger partial charge in [-0.05, 0) is 50.8 Å². The fourth-order valence-electron chi connectivity index (χ4n) is 2.87. The number of benzene rings is 1. The zero-order valence-corrected chi connectivity index (χ0v) is 15.4. The molecule has 1 aliphatic carbocycles. The van der Waals surface area contributed by atoms with E-state index >= 15 is 0 Å². The van der Waals surface area contributed by atoms with Gasteiger partial charge in [0.05, 0.1) is 21.2 Å². The molecule has 0 aliphatic heterocycles. The monoisotopic (exact) mass is 334 g/mol. The quantitative estimate of drug-likeness (QED) is 0.851. The van der Waals surface area contributed by atoms with Crippen LogP contribution in [0.25, 0.3) is 11.0 Å².